The Morgan fingerprint density at radius 2 is 1.96 bits per heavy atom. The van der Waals surface area contributed by atoms with Gasteiger partial charge in [0, 0.05) is 11.5 Å². The third-order valence-corrected chi connectivity index (χ3v) is 4.86. The topological polar surface area (TPSA) is 79.0 Å². The second-order valence-electron chi connectivity index (χ2n) is 6.16. The summed E-state index contributed by atoms with van der Waals surface area (Å²) in [5, 5.41) is 12.9. The Labute approximate surface area is 157 Å². The molecule has 0 aliphatic rings. The molecule has 0 spiro atoms. The number of aromatic nitrogens is 2. The van der Waals surface area contributed by atoms with Gasteiger partial charge in [-0.25, -0.2) is 4.79 Å². The maximum atomic E-state index is 12.2. The third kappa shape index (κ3) is 4.58. The fourth-order valence-electron chi connectivity index (χ4n) is 2.08. The van der Waals surface area contributed by atoms with Crippen LogP contribution < -0.4 is 15.4 Å². The molecule has 0 aliphatic carbocycles. The van der Waals surface area contributed by atoms with E-state index >= 15 is 0 Å². The van der Waals surface area contributed by atoms with Crippen LogP contribution in [0.4, 0.5) is 16.3 Å². The van der Waals surface area contributed by atoms with E-state index in [4.69, 9.17) is 27.9 Å². The Morgan fingerprint density at radius 1 is 1.24 bits per heavy atom. The summed E-state index contributed by atoms with van der Waals surface area (Å²) in [5.74, 6) is 0.974. The molecule has 1 aromatic heterocycles. The highest BCUT2D eigenvalue weighted by molar-refractivity contribution is 6.44. The van der Waals surface area contributed by atoms with Crippen LogP contribution in [-0.2, 0) is 5.41 Å². The summed E-state index contributed by atoms with van der Waals surface area (Å²) in [6.45, 7) is 8.59. The Balaban J connectivity index is 2.07. The van der Waals surface area contributed by atoms with Gasteiger partial charge in [-0.3, -0.25) is 10.4 Å². The fraction of sp³-hybridized carbons (Fsp3) is 0.412. The van der Waals surface area contributed by atoms with Gasteiger partial charge in [-0.1, -0.05) is 44.0 Å². The van der Waals surface area contributed by atoms with E-state index in [2.05, 4.69) is 41.6 Å². The molecule has 0 saturated heterocycles. The number of carbonyl (C=O) groups is 1. The number of H-pyrrole nitrogens is 1. The summed E-state index contributed by atoms with van der Waals surface area (Å²) in [5.41, 5.74) is 1.20. The van der Waals surface area contributed by atoms with Crippen LogP contribution in [0.5, 0.6) is 5.75 Å². The molecule has 1 aromatic carbocycles. The number of benzene rings is 1. The molecule has 0 aliphatic heterocycles. The lowest BCUT2D eigenvalue weighted by Crippen LogP contribution is -2.20. The molecular weight excluding hydrogens is 363 g/mol. The summed E-state index contributed by atoms with van der Waals surface area (Å²) in [7, 11) is 0. The predicted molar refractivity (Wildman–Crippen MR) is 102 cm³/mol. The maximum absolute atomic E-state index is 12.2. The van der Waals surface area contributed by atoms with E-state index in [0.717, 1.165) is 12.1 Å². The van der Waals surface area contributed by atoms with Gasteiger partial charge in [0.15, 0.2) is 0 Å². The highest BCUT2D eigenvalue weighted by Crippen LogP contribution is 2.37. The van der Waals surface area contributed by atoms with Gasteiger partial charge in [0.2, 0.25) is 0 Å². The first-order chi connectivity index (χ1) is 11.8. The number of aromatic amines is 1. The Hall–Kier alpha value is -1.92. The van der Waals surface area contributed by atoms with Gasteiger partial charge >= 0.3 is 6.03 Å². The average molecular weight is 385 g/mol. The van der Waals surface area contributed by atoms with Gasteiger partial charge in [0.25, 0.3) is 0 Å². The van der Waals surface area contributed by atoms with Crippen molar-refractivity contribution < 1.29 is 9.53 Å². The Kier molecular flexibility index (Phi) is 6.19. The van der Waals surface area contributed by atoms with Crippen molar-refractivity contribution in [2.24, 2.45) is 0 Å². The number of nitrogens with one attached hydrogen (secondary N) is 3. The van der Waals surface area contributed by atoms with Gasteiger partial charge in [0.05, 0.1) is 23.0 Å². The van der Waals surface area contributed by atoms with Crippen molar-refractivity contribution in [2.75, 3.05) is 17.2 Å². The number of halogens is 2. The number of rotatable bonds is 6. The van der Waals surface area contributed by atoms with E-state index in [1.54, 1.807) is 12.1 Å². The van der Waals surface area contributed by atoms with Crippen molar-refractivity contribution in [3.05, 3.63) is 33.9 Å². The predicted octanol–water partition coefficient (Wildman–Crippen LogP) is 5.45. The molecule has 6 nitrogen and oxygen atoms in total. The number of amides is 2. The number of hydrogen-bond donors (Lipinski definition) is 3. The van der Waals surface area contributed by atoms with Crippen LogP contribution >= 0.6 is 23.2 Å². The summed E-state index contributed by atoms with van der Waals surface area (Å²) >= 11 is 12.3. The lowest BCUT2D eigenvalue weighted by Gasteiger charge is -2.18. The van der Waals surface area contributed by atoms with E-state index in [0.29, 0.717) is 23.9 Å². The number of hydrogen-bond acceptors (Lipinski definition) is 3. The van der Waals surface area contributed by atoms with Crippen LogP contribution in [0.2, 0.25) is 10.0 Å². The van der Waals surface area contributed by atoms with Gasteiger partial charge in [-0.2, -0.15) is 5.10 Å². The van der Waals surface area contributed by atoms with Crippen molar-refractivity contribution in [1.82, 2.24) is 10.2 Å². The van der Waals surface area contributed by atoms with Crippen molar-refractivity contribution >= 4 is 40.7 Å². The third-order valence-electron chi connectivity index (χ3n) is 4.00. The summed E-state index contributed by atoms with van der Waals surface area (Å²) in [6, 6.07) is 4.66. The maximum Gasteiger partial charge on any atom is 0.324 e. The first-order valence-corrected chi connectivity index (χ1v) is 8.78. The Morgan fingerprint density at radius 3 is 2.60 bits per heavy atom. The SMILES string of the molecule is CCOc1ccc(NC(=O)Nc2cc(C(C)(C)CC)n[nH]2)c(Cl)c1Cl. The first kappa shape index (κ1) is 19.4. The number of carbonyl (C=O) groups excluding carboxylic acids is 1. The zero-order valence-corrected chi connectivity index (χ0v) is 16.2. The van der Waals surface area contributed by atoms with Crippen LogP contribution in [0.3, 0.4) is 0 Å². The molecule has 1 heterocycles. The van der Waals surface area contributed by atoms with Crippen molar-refractivity contribution in [2.45, 2.75) is 39.5 Å². The normalized spacial score (nSPS) is 11.3. The number of nitrogens with zero attached hydrogens (tertiary/aromatic N) is 1. The molecule has 2 rings (SSSR count). The molecule has 2 amide bonds. The molecule has 25 heavy (non-hydrogen) atoms. The number of anilines is 2. The molecule has 0 atom stereocenters. The van der Waals surface area contributed by atoms with Crippen LogP contribution in [0.25, 0.3) is 0 Å². The van der Waals surface area contributed by atoms with E-state index in [-0.39, 0.29) is 15.5 Å². The van der Waals surface area contributed by atoms with E-state index in [1.165, 1.54) is 0 Å². The minimum Gasteiger partial charge on any atom is -0.492 e. The smallest absolute Gasteiger partial charge is 0.324 e. The largest absolute Gasteiger partial charge is 0.492 e. The quantitative estimate of drug-likeness (QED) is 0.619. The summed E-state index contributed by atoms with van der Waals surface area (Å²) < 4.78 is 5.36. The second kappa shape index (κ2) is 7.97. The summed E-state index contributed by atoms with van der Waals surface area (Å²) in [4.78, 5) is 12.2. The lowest BCUT2D eigenvalue weighted by atomic mass is 9.87. The van der Waals surface area contributed by atoms with Crippen LogP contribution in [0, 0.1) is 0 Å². The van der Waals surface area contributed by atoms with Crippen LogP contribution in [0.15, 0.2) is 18.2 Å². The molecule has 0 bridgehead atoms. The number of urea groups is 1. The minimum absolute atomic E-state index is 0.0706. The highest BCUT2D eigenvalue weighted by atomic mass is 35.5. The zero-order valence-electron chi connectivity index (χ0n) is 14.7. The summed E-state index contributed by atoms with van der Waals surface area (Å²) in [6.07, 6.45) is 0.934. The highest BCUT2D eigenvalue weighted by Gasteiger charge is 2.22. The zero-order chi connectivity index (χ0) is 18.6. The van der Waals surface area contributed by atoms with Gasteiger partial charge in [0.1, 0.15) is 16.6 Å². The molecule has 0 saturated carbocycles. The molecule has 2 aromatic rings. The van der Waals surface area contributed by atoms with Crippen molar-refractivity contribution in [1.29, 1.82) is 0 Å². The molecule has 0 unspecified atom stereocenters. The molecule has 0 radical (unpaired) electrons. The average Bonchev–Trinajstić information content (AvgIpc) is 3.04. The van der Waals surface area contributed by atoms with Crippen LogP contribution in [0.1, 0.15) is 39.8 Å². The molecule has 8 heteroatoms. The monoisotopic (exact) mass is 384 g/mol. The van der Waals surface area contributed by atoms with E-state index in [1.807, 2.05) is 13.0 Å². The molecular formula is C17H22Cl2N4O2. The standard InChI is InChI=1S/C17H22Cl2N4O2/c1-5-17(3,4)12-9-13(23-22-12)21-16(24)20-10-7-8-11(25-6-2)15(19)14(10)18/h7-9H,5-6H2,1-4H3,(H3,20,21,22,23,24). The van der Waals surface area contributed by atoms with Crippen LogP contribution in [-0.4, -0.2) is 22.8 Å². The second-order valence-corrected chi connectivity index (χ2v) is 6.91. The Bertz CT molecular complexity index is 759. The molecule has 3 N–H and O–H groups in total. The van der Waals surface area contributed by atoms with E-state index in [9.17, 15) is 4.79 Å². The van der Waals surface area contributed by atoms with Gasteiger partial charge in [-0.05, 0) is 25.5 Å². The van der Waals surface area contributed by atoms with Crippen molar-refractivity contribution in [3.8, 4) is 5.75 Å². The lowest BCUT2D eigenvalue weighted by molar-refractivity contribution is 0.262. The molecule has 136 valence electrons. The van der Waals surface area contributed by atoms with E-state index < -0.39 is 6.03 Å². The molecule has 0 fully saturated rings. The van der Waals surface area contributed by atoms with Gasteiger partial charge in [-0.15, -0.1) is 0 Å². The minimum atomic E-state index is -0.452. The fourth-order valence-corrected chi connectivity index (χ4v) is 2.51. The van der Waals surface area contributed by atoms with Crippen molar-refractivity contribution in [3.63, 3.8) is 0 Å². The van der Waals surface area contributed by atoms with Gasteiger partial charge < -0.3 is 10.1 Å². The first-order valence-electron chi connectivity index (χ1n) is 8.03. The number of ether oxygens (including phenoxy) is 1.